The largest absolute Gasteiger partial charge is 0.479 e. The lowest BCUT2D eigenvalue weighted by Gasteiger charge is -2.48. The Balaban J connectivity index is 1.76. The van der Waals surface area contributed by atoms with Crippen LogP contribution in [0.1, 0.15) is 45.5 Å². The first-order chi connectivity index (χ1) is 13.5. The second-order valence-electron chi connectivity index (χ2n) is 7.38. The normalized spacial score (nSPS) is 33.8. The molecule has 28 heavy (non-hydrogen) atoms. The third-order valence-corrected chi connectivity index (χ3v) is 5.20. The Bertz CT molecular complexity index is 622. The molecule has 3 rings (SSSR count). The first-order valence-corrected chi connectivity index (χ1v) is 9.98. The van der Waals surface area contributed by atoms with Crippen LogP contribution in [0.15, 0.2) is 30.3 Å². The van der Waals surface area contributed by atoms with Crippen LogP contribution in [0.25, 0.3) is 0 Å². The maximum Gasteiger partial charge on any atom is 0.332 e. The van der Waals surface area contributed by atoms with Crippen LogP contribution in [0, 0.1) is 5.92 Å². The number of benzene rings is 1. The van der Waals surface area contributed by atoms with Gasteiger partial charge in [0.2, 0.25) is 0 Å². The summed E-state index contributed by atoms with van der Waals surface area (Å²) in [6, 6.07) is 9.65. The van der Waals surface area contributed by atoms with Crippen molar-refractivity contribution in [2.75, 3.05) is 13.2 Å². The molecule has 0 radical (unpaired) electrons. The quantitative estimate of drug-likeness (QED) is 0.678. The standard InChI is InChI=1S/C21H30O7/c1-4-5-11-24-20-13(2)17(26-14(3)19(22)23)18-16(27-20)12-25-21(28-18)15-9-7-6-8-10-15/h6-10,13-14,16-18,20-21H,4-5,11-12H2,1-3H3,(H,22,23)/t13-,14-,16?,17?,18+,20-,21?/m0/s1. The molecule has 1 aromatic rings. The first-order valence-electron chi connectivity index (χ1n) is 9.98. The monoisotopic (exact) mass is 394 g/mol. The van der Waals surface area contributed by atoms with Crippen molar-refractivity contribution < 1.29 is 33.6 Å². The van der Waals surface area contributed by atoms with Crippen molar-refractivity contribution in [1.82, 2.24) is 0 Å². The Labute approximate surface area is 165 Å². The lowest BCUT2D eigenvalue weighted by molar-refractivity contribution is -0.358. The summed E-state index contributed by atoms with van der Waals surface area (Å²) in [4.78, 5) is 11.4. The van der Waals surface area contributed by atoms with Gasteiger partial charge in [-0.3, -0.25) is 0 Å². The van der Waals surface area contributed by atoms with Crippen LogP contribution < -0.4 is 0 Å². The van der Waals surface area contributed by atoms with E-state index in [-0.39, 0.29) is 12.0 Å². The molecule has 2 aliphatic heterocycles. The number of unbranched alkanes of at least 4 members (excludes halogenated alkanes) is 1. The summed E-state index contributed by atoms with van der Waals surface area (Å²) in [5.41, 5.74) is 0.903. The van der Waals surface area contributed by atoms with Crippen LogP contribution in [0.3, 0.4) is 0 Å². The van der Waals surface area contributed by atoms with Crippen molar-refractivity contribution in [2.24, 2.45) is 5.92 Å². The minimum atomic E-state index is -1.01. The Morgan fingerprint density at radius 2 is 2.04 bits per heavy atom. The van der Waals surface area contributed by atoms with E-state index in [4.69, 9.17) is 23.7 Å². The van der Waals surface area contributed by atoms with Crippen molar-refractivity contribution in [1.29, 1.82) is 0 Å². The molecule has 0 aliphatic carbocycles. The minimum absolute atomic E-state index is 0.186. The van der Waals surface area contributed by atoms with E-state index in [1.54, 1.807) is 0 Å². The SMILES string of the molecule is CCCCO[C@H]1OC2COC(c3ccccc3)O[C@H]2C(O[C@@H](C)C(=O)O)[C@@H]1C. The van der Waals surface area contributed by atoms with Gasteiger partial charge in [-0.25, -0.2) is 4.79 Å². The van der Waals surface area contributed by atoms with E-state index in [0.29, 0.717) is 13.2 Å². The molecule has 2 aliphatic rings. The van der Waals surface area contributed by atoms with Crippen molar-refractivity contribution in [3.63, 3.8) is 0 Å². The summed E-state index contributed by atoms with van der Waals surface area (Å²) >= 11 is 0. The van der Waals surface area contributed by atoms with Gasteiger partial charge in [0.25, 0.3) is 0 Å². The van der Waals surface area contributed by atoms with Gasteiger partial charge >= 0.3 is 5.97 Å². The zero-order valence-electron chi connectivity index (χ0n) is 16.7. The van der Waals surface area contributed by atoms with Crippen LogP contribution in [0.2, 0.25) is 0 Å². The molecular formula is C21H30O7. The van der Waals surface area contributed by atoms with Crippen LogP contribution in [0.5, 0.6) is 0 Å². The molecule has 0 aromatic heterocycles. The molecule has 0 saturated carbocycles. The number of rotatable bonds is 8. The summed E-state index contributed by atoms with van der Waals surface area (Å²) in [6.07, 6.45) is -1.33. The molecule has 7 atom stereocenters. The maximum atomic E-state index is 11.4. The van der Waals surface area contributed by atoms with E-state index in [0.717, 1.165) is 18.4 Å². The van der Waals surface area contributed by atoms with Gasteiger partial charge in [0.15, 0.2) is 18.7 Å². The predicted molar refractivity (Wildman–Crippen MR) is 101 cm³/mol. The third kappa shape index (κ3) is 4.90. The fraction of sp³-hybridized carbons (Fsp3) is 0.667. The molecule has 2 saturated heterocycles. The molecule has 0 bridgehead atoms. The summed E-state index contributed by atoms with van der Waals surface area (Å²) in [5.74, 6) is -1.19. The van der Waals surface area contributed by atoms with Crippen molar-refractivity contribution >= 4 is 5.97 Å². The lowest BCUT2D eigenvalue weighted by Crippen LogP contribution is -2.60. The fourth-order valence-electron chi connectivity index (χ4n) is 3.52. The van der Waals surface area contributed by atoms with Gasteiger partial charge in [0.05, 0.1) is 12.7 Å². The van der Waals surface area contributed by atoms with Crippen LogP contribution in [-0.2, 0) is 28.5 Å². The van der Waals surface area contributed by atoms with E-state index < -0.39 is 36.9 Å². The van der Waals surface area contributed by atoms with Crippen LogP contribution in [0.4, 0.5) is 0 Å². The molecule has 2 heterocycles. The predicted octanol–water partition coefficient (Wildman–Crippen LogP) is 3.14. The second-order valence-corrected chi connectivity index (χ2v) is 7.38. The lowest BCUT2D eigenvalue weighted by atomic mass is 9.91. The first kappa shape index (κ1) is 21.2. The van der Waals surface area contributed by atoms with Crippen LogP contribution in [-0.4, -0.2) is 55.0 Å². The van der Waals surface area contributed by atoms with Gasteiger partial charge in [-0.15, -0.1) is 0 Å². The molecule has 2 fully saturated rings. The summed E-state index contributed by atoms with van der Waals surface area (Å²) < 4.78 is 30.0. The zero-order chi connectivity index (χ0) is 20.1. The molecule has 3 unspecified atom stereocenters. The number of hydrogen-bond acceptors (Lipinski definition) is 6. The highest BCUT2D eigenvalue weighted by Crippen LogP contribution is 2.38. The Morgan fingerprint density at radius 3 is 2.71 bits per heavy atom. The van der Waals surface area contributed by atoms with E-state index in [1.807, 2.05) is 37.3 Å². The molecule has 1 N–H and O–H groups in total. The minimum Gasteiger partial charge on any atom is -0.479 e. The summed E-state index contributed by atoms with van der Waals surface area (Å²) in [7, 11) is 0. The summed E-state index contributed by atoms with van der Waals surface area (Å²) in [6.45, 7) is 6.48. The molecule has 156 valence electrons. The number of carboxylic acids is 1. The molecule has 0 amide bonds. The van der Waals surface area contributed by atoms with Gasteiger partial charge in [0, 0.05) is 18.1 Å². The van der Waals surface area contributed by atoms with Crippen LogP contribution >= 0.6 is 0 Å². The molecular weight excluding hydrogens is 364 g/mol. The fourth-order valence-corrected chi connectivity index (χ4v) is 3.52. The third-order valence-electron chi connectivity index (χ3n) is 5.20. The number of fused-ring (bicyclic) bond motifs is 1. The molecule has 1 aromatic carbocycles. The molecule has 7 nitrogen and oxygen atoms in total. The van der Waals surface area contributed by atoms with E-state index in [9.17, 15) is 9.90 Å². The van der Waals surface area contributed by atoms with Gasteiger partial charge in [-0.05, 0) is 13.3 Å². The average molecular weight is 394 g/mol. The van der Waals surface area contributed by atoms with Gasteiger partial charge in [-0.2, -0.15) is 0 Å². The second kappa shape index (κ2) is 9.80. The Hall–Kier alpha value is -1.51. The molecule has 0 spiro atoms. The molecule has 7 heteroatoms. The van der Waals surface area contributed by atoms with Gasteiger partial charge in [0.1, 0.15) is 12.2 Å². The highest BCUT2D eigenvalue weighted by molar-refractivity contribution is 5.71. The highest BCUT2D eigenvalue weighted by Gasteiger charge is 2.50. The van der Waals surface area contributed by atoms with Gasteiger partial charge in [-0.1, -0.05) is 50.6 Å². The average Bonchev–Trinajstić information content (AvgIpc) is 2.71. The number of hydrogen-bond donors (Lipinski definition) is 1. The Morgan fingerprint density at radius 1 is 1.29 bits per heavy atom. The number of carboxylic acid groups (broad SMARTS) is 1. The topological polar surface area (TPSA) is 83.5 Å². The summed E-state index contributed by atoms with van der Waals surface area (Å²) in [5, 5.41) is 9.31. The number of carbonyl (C=O) groups is 1. The number of ether oxygens (including phenoxy) is 5. The smallest absolute Gasteiger partial charge is 0.332 e. The Kier molecular flexibility index (Phi) is 7.42. The zero-order valence-corrected chi connectivity index (χ0v) is 16.7. The highest BCUT2D eigenvalue weighted by atomic mass is 16.7. The maximum absolute atomic E-state index is 11.4. The van der Waals surface area contributed by atoms with Crippen molar-refractivity contribution in [3.8, 4) is 0 Å². The van der Waals surface area contributed by atoms with Gasteiger partial charge < -0.3 is 28.8 Å². The number of aliphatic carboxylic acids is 1. The van der Waals surface area contributed by atoms with Crippen molar-refractivity contribution in [3.05, 3.63) is 35.9 Å². The van der Waals surface area contributed by atoms with E-state index >= 15 is 0 Å². The van der Waals surface area contributed by atoms with Crippen molar-refractivity contribution in [2.45, 2.75) is 70.6 Å². The van der Waals surface area contributed by atoms with E-state index in [2.05, 4.69) is 6.92 Å². The van der Waals surface area contributed by atoms with E-state index in [1.165, 1.54) is 6.92 Å².